The van der Waals surface area contributed by atoms with Gasteiger partial charge in [0, 0.05) is 44.5 Å². The van der Waals surface area contributed by atoms with Gasteiger partial charge in [-0.1, -0.05) is 12.1 Å². The minimum Gasteiger partial charge on any atom is -0.365 e. The Morgan fingerprint density at radius 3 is 2.97 bits per heavy atom. The zero-order valence-electron chi connectivity index (χ0n) is 17.4. The maximum absolute atomic E-state index is 11.8. The molecule has 10 nitrogen and oxygen atoms in total. The lowest BCUT2D eigenvalue weighted by Gasteiger charge is -2.34. The lowest BCUT2D eigenvalue weighted by atomic mass is 10.0. The van der Waals surface area contributed by atoms with Crippen molar-refractivity contribution in [2.45, 2.75) is 58.5 Å². The first-order valence-corrected chi connectivity index (χ1v) is 10.3. The van der Waals surface area contributed by atoms with Crippen molar-refractivity contribution in [2.75, 3.05) is 19.6 Å². The van der Waals surface area contributed by atoms with Crippen LogP contribution in [0.15, 0.2) is 6.20 Å². The van der Waals surface area contributed by atoms with E-state index in [9.17, 15) is 4.79 Å². The van der Waals surface area contributed by atoms with Crippen molar-refractivity contribution in [2.24, 2.45) is 7.05 Å². The summed E-state index contributed by atoms with van der Waals surface area (Å²) in [5.41, 5.74) is 3.96. The second-order valence-corrected chi connectivity index (χ2v) is 8.06. The van der Waals surface area contributed by atoms with Crippen molar-refractivity contribution in [3.05, 3.63) is 28.8 Å². The van der Waals surface area contributed by atoms with E-state index in [-0.39, 0.29) is 11.6 Å². The molecule has 2 aliphatic heterocycles. The van der Waals surface area contributed by atoms with Gasteiger partial charge in [0.15, 0.2) is 0 Å². The van der Waals surface area contributed by atoms with Crippen LogP contribution in [0, 0.1) is 6.92 Å². The topological polar surface area (TPSA) is 102 Å². The second-order valence-electron chi connectivity index (χ2n) is 8.06. The Kier molecular flexibility index (Phi) is 5.55. The molecule has 4 heterocycles. The van der Waals surface area contributed by atoms with Crippen LogP contribution in [0.3, 0.4) is 0 Å². The van der Waals surface area contributed by atoms with Crippen molar-refractivity contribution < 1.29 is 9.53 Å². The Morgan fingerprint density at radius 2 is 2.21 bits per heavy atom. The fraction of sp³-hybridized carbons (Fsp3) is 0.684. The van der Waals surface area contributed by atoms with Gasteiger partial charge >= 0.3 is 6.03 Å². The Morgan fingerprint density at radius 1 is 1.34 bits per heavy atom. The number of fused-ring (bicyclic) bond motifs is 1. The molecule has 1 spiro atoms. The zero-order valence-corrected chi connectivity index (χ0v) is 17.4. The smallest absolute Gasteiger partial charge is 0.315 e. The van der Waals surface area contributed by atoms with Gasteiger partial charge in [-0.2, -0.15) is 5.10 Å². The Labute approximate surface area is 170 Å². The van der Waals surface area contributed by atoms with Gasteiger partial charge in [0.2, 0.25) is 0 Å². The number of nitrogens with one attached hydrogen (secondary N) is 2. The van der Waals surface area contributed by atoms with Crippen molar-refractivity contribution in [3.8, 4) is 0 Å². The molecule has 2 aromatic heterocycles. The van der Waals surface area contributed by atoms with Crippen LogP contribution in [-0.2, 0) is 38.0 Å². The van der Waals surface area contributed by atoms with Crippen molar-refractivity contribution in [1.82, 2.24) is 40.3 Å². The molecule has 2 aliphatic rings. The van der Waals surface area contributed by atoms with Crippen LogP contribution < -0.4 is 10.6 Å². The first-order chi connectivity index (χ1) is 14.0. The second kappa shape index (κ2) is 8.11. The van der Waals surface area contributed by atoms with Gasteiger partial charge in [-0.3, -0.25) is 9.58 Å². The van der Waals surface area contributed by atoms with E-state index in [4.69, 9.17) is 4.74 Å². The summed E-state index contributed by atoms with van der Waals surface area (Å²) in [6.07, 6.45) is 3.83. The molecule has 1 unspecified atom stereocenters. The third kappa shape index (κ3) is 4.13. The predicted octanol–water partition coefficient (Wildman–Crippen LogP) is 0.704. The van der Waals surface area contributed by atoms with Gasteiger partial charge < -0.3 is 15.4 Å². The van der Waals surface area contributed by atoms with Crippen LogP contribution in [0.2, 0.25) is 0 Å². The number of hydrogen-bond acceptors (Lipinski definition) is 6. The Hall–Kier alpha value is -2.46. The van der Waals surface area contributed by atoms with Crippen LogP contribution in [0.25, 0.3) is 0 Å². The summed E-state index contributed by atoms with van der Waals surface area (Å²) >= 11 is 0. The highest BCUT2D eigenvalue weighted by molar-refractivity contribution is 5.73. The van der Waals surface area contributed by atoms with E-state index >= 15 is 0 Å². The highest BCUT2D eigenvalue weighted by Crippen LogP contribution is 2.33. The molecule has 0 aliphatic carbocycles. The van der Waals surface area contributed by atoms with Gasteiger partial charge in [-0.05, 0) is 19.8 Å². The summed E-state index contributed by atoms with van der Waals surface area (Å²) in [4.78, 5) is 14.2. The lowest BCUT2D eigenvalue weighted by Crippen LogP contribution is -2.44. The maximum atomic E-state index is 11.8. The molecule has 0 aromatic carbocycles. The fourth-order valence-electron chi connectivity index (χ4n) is 4.05. The average Bonchev–Trinajstić information content (AvgIpc) is 3.39. The summed E-state index contributed by atoms with van der Waals surface area (Å²) < 4.78 is 10.2. The average molecular weight is 403 g/mol. The monoisotopic (exact) mass is 402 g/mol. The molecule has 1 fully saturated rings. The molecule has 10 heteroatoms. The van der Waals surface area contributed by atoms with Crippen LogP contribution in [0.1, 0.15) is 42.4 Å². The highest BCUT2D eigenvalue weighted by Gasteiger charge is 2.43. The number of carbonyl (C=O) groups is 1. The molecule has 0 radical (unpaired) electrons. The van der Waals surface area contributed by atoms with E-state index in [0.717, 1.165) is 43.9 Å². The molecular formula is C19H30N8O2. The summed E-state index contributed by atoms with van der Waals surface area (Å²) in [5.74, 6) is 0. The number of amides is 2. The predicted molar refractivity (Wildman–Crippen MR) is 106 cm³/mol. The van der Waals surface area contributed by atoms with Crippen molar-refractivity contribution in [3.63, 3.8) is 0 Å². The third-order valence-corrected chi connectivity index (χ3v) is 5.95. The Balaban J connectivity index is 1.35. The summed E-state index contributed by atoms with van der Waals surface area (Å²) in [5, 5.41) is 18.6. The molecule has 2 aromatic rings. The van der Waals surface area contributed by atoms with Crippen LogP contribution in [0.5, 0.6) is 0 Å². The molecule has 0 bridgehead atoms. The standard InChI is InChI=1S/C19H30N8O2/c1-4-6-20-18(28)21-9-16-17-11-29-19(13-27(17)24-23-16)5-7-26(12-19)10-15-8-22-25(3)14(15)2/h8H,4-7,9-13H2,1-3H3,(H2,20,21,28). The number of ether oxygens (including phenoxy) is 1. The number of aromatic nitrogens is 5. The third-order valence-electron chi connectivity index (χ3n) is 5.95. The van der Waals surface area contributed by atoms with Gasteiger partial charge in [-0.25, -0.2) is 9.48 Å². The van der Waals surface area contributed by atoms with Crippen molar-refractivity contribution >= 4 is 6.03 Å². The normalized spacial score (nSPS) is 21.5. The van der Waals surface area contributed by atoms with E-state index in [0.29, 0.717) is 26.2 Å². The maximum Gasteiger partial charge on any atom is 0.315 e. The van der Waals surface area contributed by atoms with Crippen LogP contribution in [0.4, 0.5) is 4.79 Å². The molecule has 2 N–H and O–H groups in total. The minimum atomic E-state index is -0.222. The van der Waals surface area contributed by atoms with Gasteiger partial charge in [0.25, 0.3) is 0 Å². The number of carbonyl (C=O) groups excluding carboxylic acids is 1. The van der Waals surface area contributed by atoms with Gasteiger partial charge in [0.1, 0.15) is 11.3 Å². The van der Waals surface area contributed by atoms with Crippen molar-refractivity contribution in [1.29, 1.82) is 0 Å². The van der Waals surface area contributed by atoms with E-state index in [1.807, 2.05) is 29.5 Å². The molecule has 1 saturated heterocycles. The summed E-state index contributed by atoms with van der Waals surface area (Å²) in [7, 11) is 1.97. The summed E-state index contributed by atoms with van der Waals surface area (Å²) in [6, 6.07) is -0.182. The SMILES string of the molecule is CCCNC(=O)NCc1nnn2c1COC1(CCN(Cc3cnn(C)c3C)C1)C2. The number of rotatable bonds is 6. The minimum absolute atomic E-state index is 0.182. The molecule has 4 rings (SSSR count). The zero-order chi connectivity index (χ0) is 20.4. The van der Waals surface area contributed by atoms with E-state index in [1.165, 1.54) is 11.3 Å². The quantitative estimate of drug-likeness (QED) is 0.738. The van der Waals surface area contributed by atoms with E-state index in [1.54, 1.807) is 0 Å². The van der Waals surface area contributed by atoms with Gasteiger partial charge in [-0.15, -0.1) is 5.10 Å². The van der Waals surface area contributed by atoms with E-state index < -0.39 is 0 Å². The first kappa shape index (κ1) is 19.8. The number of aryl methyl sites for hydroxylation is 1. The fourth-order valence-corrected chi connectivity index (χ4v) is 4.05. The van der Waals surface area contributed by atoms with Gasteiger partial charge in [0.05, 0.1) is 31.6 Å². The van der Waals surface area contributed by atoms with E-state index in [2.05, 4.69) is 37.9 Å². The molecular weight excluding hydrogens is 372 g/mol. The Bertz CT molecular complexity index is 876. The molecule has 0 saturated carbocycles. The number of likely N-dealkylation sites (tertiary alicyclic amines) is 1. The highest BCUT2D eigenvalue weighted by atomic mass is 16.5. The number of nitrogens with zero attached hydrogens (tertiary/aromatic N) is 6. The summed E-state index contributed by atoms with van der Waals surface area (Å²) in [6.45, 7) is 9.05. The lowest BCUT2D eigenvalue weighted by molar-refractivity contribution is -0.0845. The van der Waals surface area contributed by atoms with Crippen LogP contribution >= 0.6 is 0 Å². The largest absolute Gasteiger partial charge is 0.365 e. The molecule has 158 valence electrons. The van der Waals surface area contributed by atoms with Crippen LogP contribution in [-0.4, -0.2) is 60.9 Å². The number of urea groups is 1. The molecule has 29 heavy (non-hydrogen) atoms. The first-order valence-electron chi connectivity index (χ1n) is 10.3. The number of hydrogen-bond donors (Lipinski definition) is 2. The molecule has 2 amide bonds. The molecule has 1 atom stereocenters.